The van der Waals surface area contributed by atoms with Crippen LogP contribution in [0.5, 0.6) is 0 Å². The van der Waals surface area contributed by atoms with Crippen LogP contribution in [-0.2, 0) is 18.3 Å². The fourth-order valence-corrected chi connectivity index (χ4v) is 5.12. The summed E-state index contributed by atoms with van der Waals surface area (Å²) in [5.41, 5.74) is 3.63. The number of aryl methyl sites for hydroxylation is 1. The topological polar surface area (TPSA) is 36.8 Å². The third-order valence-electron chi connectivity index (χ3n) is 6.68. The minimum absolute atomic E-state index is 0.604. The summed E-state index contributed by atoms with van der Waals surface area (Å²) < 4.78 is 7.56. The number of benzene rings is 1. The summed E-state index contributed by atoms with van der Waals surface area (Å²) in [6, 6.07) is 10.6. The number of aromatic nitrogens is 2. The standard InChI is InChI=1S/C24H37N5O/c1-26-10-7-11-28(13-12-26)15-21-16-29(18-23(21)19-30-3)17-22-14-27(2)25-24(22)20-8-5-4-6-9-20/h4-6,8-9,14,21,23H,7,10-13,15-19H2,1-3H3. The van der Waals surface area contributed by atoms with Crippen LogP contribution in [0.15, 0.2) is 36.5 Å². The van der Waals surface area contributed by atoms with Gasteiger partial charge in [-0.25, -0.2) is 0 Å². The normalized spacial score (nSPS) is 24.4. The number of nitrogens with zero attached hydrogens (tertiary/aromatic N) is 5. The lowest BCUT2D eigenvalue weighted by Crippen LogP contribution is -2.36. The second kappa shape index (κ2) is 10.1. The molecule has 6 heteroatoms. The summed E-state index contributed by atoms with van der Waals surface area (Å²) in [5.74, 6) is 1.28. The minimum Gasteiger partial charge on any atom is -0.384 e. The van der Waals surface area contributed by atoms with Crippen molar-refractivity contribution in [2.24, 2.45) is 18.9 Å². The van der Waals surface area contributed by atoms with Crippen molar-refractivity contribution in [2.45, 2.75) is 13.0 Å². The molecule has 1 aromatic carbocycles. The Balaban J connectivity index is 1.43. The van der Waals surface area contributed by atoms with Crippen molar-refractivity contribution < 1.29 is 4.74 Å². The van der Waals surface area contributed by atoms with Crippen molar-refractivity contribution in [2.75, 3.05) is 66.6 Å². The van der Waals surface area contributed by atoms with Gasteiger partial charge in [0, 0.05) is 76.7 Å². The maximum atomic E-state index is 5.61. The SMILES string of the molecule is COCC1CN(Cc2cn(C)nc2-c2ccccc2)CC1CN1CCCN(C)CC1. The molecule has 2 atom stereocenters. The minimum atomic E-state index is 0.604. The predicted molar refractivity (Wildman–Crippen MR) is 121 cm³/mol. The maximum absolute atomic E-state index is 5.61. The first kappa shape index (κ1) is 21.5. The quantitative estimate of drug-likeness (QED) is 0.699. The highest BCUT2D eigenvalue weighted by Crippen LogP contribution is 2.29. The second-order valence-electron chi connectivity index (χ2n) is 9.17. The van der Waals surface area contributed by atoms with Gasteiger partial charge in [-0.1, -0.05) is 30.3 Å². The third kappa shape index (κ3) is 5.30. The Morgan fingerprint density at radius 1 is 0.967 bits per heavy atom. The van der Waals surface area contributed by atoms with Gasteiger partial charge in [0.05, 0.1) is 12.3 Å². The molecule has 2 unspecified atom stereocenters. The molecule has 2 aliphatic heterocycles. The van der Waals surface area contributed by atoms with E-state index >= 15 is 0 Å². The molecular weight excluding hydrogens is 374 g/mol. The zero-order valence-electron chi connectivity index (χ0n) is 18.8. The monoisotopic (exact) mass is 411 g/mol. The highest BCUT2D eigenvalue weighted by atomic mass is 16.5. The van der Waals surface area contributed by atoms with Gasteiger partial charge in [0.1, 0.15) is 0 Å². The molecule has 30 heavy (non-hydrogen) atoms. The van der Waals surface area contributed by atoms with Crippen LogP contribution in [0.1, 0.15) is 12.0 Å². The van der Waals surface area contributed by atoms with E-state index in [2.05, 4.69) is 58.3 Å². The van der Waals surface area contributed by atoms with Gasteiger partial charge < -0.3 is 14.5 Å². The van der Waals surface area contributed by atoms with E-state index in [9.17, 15) is 0 Å². The molecule has 2 aromatic rings. The summed E-state index contributed by atoms with van der Waals surface area (Å²) in [4.78, 5) is 7.75. The lowest BCUT2D eigenvalue weighted by atomic mass is 9.96. The van der Waals surface area contributed by atoms with Crippen LogP contribution in [0.2, 0.25) is 0 Å². The fraction of sp³-hybridized carbons (Fsp3) is 0.625. The Kier molecular flexibility index (Phi) is 7.20. The van der Waals surface area contributed by atoms with E-state index in [1.165, 1.54) is 50.3 Å². The average molecular weight is 412 g/mol. The van der Waals surface area contributed by atoms with Crippen LogP contribution in [0.4, 0.5) is 0 Å². The summed E-state index contributed by atoms with van der Waals surface area (Å²) >= 11 is 0. The number of hydrogen-bond acceptors (Lipinski definition) is 5. The summed E-state index contributed by atoms with van der Waals surface area (Å²) in [7, 11) is 6.11. The van der Waals surface area contributed by atoms with Crippen molar-refractivity contribution in [1.82, 2.24) is 24.5 Å². The van der Waals surface area contributed by atoms with Gasteiger partial charge in [0.2, 0.25) is 0 Å². The Labute approximate surface area is 181 Å². The van der Waals surface area contributed by atoms with E-state index in [4.69, 9.17) is 9.84 Å². The summed E-state index contributed by atoms with van der Waals surface area (Å²) in [6.07, 6.45) is 3.46. The van der Waals surface area contributed by atoms with Gasteiger partial charge >= 0.3 is 0 Å². The molecule has 1 aromatic heterocycles. The van der Waals surface area contributed by atoms with E-state index in [0.29, 0.717) is 11.8 Å². The molecule has 0 saturated carbocycles. The number of likely N-dealkylation sites (tertiary alicyclic amines) is 1. The largest absolute Gasteiger partial charge is 0.384 e. The first-order valence-corrected chi connectivity index (χ1v) is 11.3. The highest BCUT2D eigenvalue weighted by molar-refractivity contribution is 5.62. The number of methoxy groups -OCH3 is 1. The van der Waals surface area contributed by atoms with Crippen molar-refractivity contribution in [1.29, 1.82) is 0 Å². The van der Waals surface area contributed by atoms with E-state index < -0.39 is 0 Å². The first-order valence-electron chi connectivity index (χ1n) is 11.3. The molecule has 3 heterocycles. The van der Waals surface area contributed by atoms with E-state index in [0.717, 1.165) is 31.9 Å². The van der Waals surface area contributed by atoms with Gasteiger partial charge in [-0.15, -0.1) is 0 Å². The van der Waals surface area contributed by atoms with Crippen LogP contribution in [0.3, 0.4) is 0 Å². The van der Waals surface area contributed by atoms with E-state index in [-0.39, 0.29) is 0 Å². The van der Waals surface area contributed by atoms with Gasteiger partial charge in [-0.3, -0.25) is 9.58 Å². The Hall–Kier alpha value is -1.73. The number of hydrogen-bond donors (Lipinski definition) is 0. The van der Waals surface area contributed by atoms with Crippen molar-refractivity contribution in [3.8, 4) is 11.3 Å². The van der Waals surface area contributed by atoms with E-state index in [1.54, 1.807) is 0 Å². The van der Waals surface area contributed by atoms with Crippen LogP contribution in [0, 0.1) is 11.8 Å². The average Bonchev–Trinajstić information content (AvgIpc) is 3.21. The van der Waals surface area contributed by atoms with Gasteiger partial charge in [0.25, 0.3) is 0 Å². The van der Waals surface area contributed by atoms with Crippen molar-refractivity contribution in [3.63, 3.8) is 0 Å². The second-order valence-corrected chi connectivity index (χ2v) is 9.17. The van der Waals surface area contributed by atoms with Crippen molar-refractivity contribution >= 4 is 0 Å². The third-order valence-corrected chi connectivity index (χ3v) is 6.68. The lowest BCUT2D eigenvalue weighted by molar-refractivity contribution is 0.122. The first-order chi connectivity index (χ1) is 14.6. The number of likely N-dealkylation sites (N-methyl/N-ethyl adjacent to an activating group) is 1. The molecular formula is C24H37N5O. The van der Waals surface area contributed by atoms with Crippen molar-refractivity contribution in [3.05, 3.63) is 42.1 Å². The zero-order valence-corrected chi connectivity index (χ0v) is 18.8. The number of rotatable bonds is 7. The summed E-state index contributed by atoms with van der Waals surface area (Å²) in [6.45, 7) is 10.1. The molecule has 0 amide bonds. The van der Waals surface area contributed by atoms with Crippen LogP contribution < -0.4 is 0 Å². The molecule has 0 spiro atoms. The Morgan fingerprint density at radius 3 is 2.57 bits per heavy atom. The molecule has 0 bridgehead atoms. The Bertz CT molecular complexity index is 792. The van der Waals surface area contributed by atoms with Crippen LogP contribution in [-0.4, -0.2) is 91.1 Å². The highest BCUT2D eigenvalue weighted by Gasteiger charge is 2.34. The molecule has 2 fully saturated rings. The van der Waals surface area contributed by atoms with Gasteiger partial charge in [-0.05, 0) is 32.5 Å². The summed E-state index contributed by atoms with van der Waals surface area (Å²) in [5, 5.41) is 4.76. The molecule has 0 N–H and O–H groups in total. The molecule has 164 valence electrons. The lowest BCUT2D eigenvalue weighted by Gasteiger charge is -2.26. The van der Waals surface area contributed by atoms with E-state index in [1.807, 2.05) is 18.8 Å². The fourth-order valence-electron chi connectivity index (χ4n) is 5.12. The van der Waals surface area contributed by atoms with Gasteiger partial charge in [-0.2, -0.15) is 5.10 Å². The molecule has 2 aliphatic rings. The molecule has 2 saturated heterocycles. The molecule has 4 rings (SSSR count). The smallest absolute Gasteiger partial charge is 0.0968 e. The van der Waals surface area contributed by atoms with Crippen LogP contribution >= 0.6 is 0 Å². The maximum Gasteiger partial charge on any atom is 0.0968 e. The predicted octanol–water partition coefficient (Wildman–Crippen LogP) is 2.42. The van der Waals surface area contributed by atoms with Crippen LogP contribution in [0.25, 0.3) is 11.3 Å². The Morgan fingerprint density at radius 2 is 1.77 bits per heavy atom. The molecule has 0 aliphatic carbocycles. The van der Waals surface area contributed by atoms with Gasteiger partial charge in [0.15, 0.2) is 0 Å². The number of ether oxygens (including phenoxy) is 1. The molecule has 0 radical (unpaired) electrons. The molecule has 6 nitrogen and oxygen atoms in total. The zero-order chi connectivity index (χ0) is 20.9.